The van der Waals surface area contributed by atoms with Gasteiger partial charge in [-0.05, 0) is 30.7 Å². The third-order valence-corrected chi connectivity index (χ3v) is 3.35. The van der Waals surface area contributed by atoms with Crippen LogP contribution in [0.4, 0.5) is 13.2 Å². The van der Waals surface area contributed by atoms with Gasteiger partial charge in [0.1, 0.15) is 0 Å². The number of nitrogens with zero attached hydrogens (tertiary/aromatic N) is 2. The van der Waals surface area contributed by atoms with Crippen LogP contribution in [0, 0.1) is 0 Å². The van der Waals surface area contributed by atoms with Gasteiger partial charge in [-0.3, -0.25) is 4.98 Å². The summed E-state index contributed by atoms with van der Waals surface area (Å²) in [5, 5.41) is 5.64. The fourth-order valence-electron chi connectivity index (χ4n) is 2.20. The highest BCUT2D eigenvalue weighted by Crippen LogP contribution is 2.19. The molecule has 0 fully saturated rings. The molecule has 8 heteroatoms. The first-order chi connectivity index (χ1) is 12.0. The molecule has 0 aliphatic heterocycles. The molecule has 26 heavy (non-hydrogen) atoms. The lowest BCUT2D eigenvalue weighted by Crippen LogP contribution is -2.38. The minimum absolute atomic E-state index is 0. The van der Waals surface area contributed by atoms with Gasteiger partial charge < -0.3 is 10.6 Å². The molecule has 0 atom stereocenters. The Labute approximate surface area is 168 Å². The molecule has 0 aliphatic rings. The van der Waals surface area contributed by atoms with E-state index in [1.54, 1.807) is 6.20 Å². The zero-order chi connectivity index (χ0) is 18.1. The van der Waals surface area contributed by atoms with Crippen LogP contribution in [-0.2, 0) is 6.54 Å². The van der Waals surface area contributed by atoms with Crippen molar-refractivity contribution in [2.45, 2.75) is 26.1 Å². The summed E-state index contributed by atoms with van der Waals surface area (Å²) in [6.07, 6.45) is -3.35. The van der Waals surface area contributed by atoms with Gasteiger partial charge in [-0.1, -0.05) is 24.3 Å². The third kappa shape index (κ3) is 8.03. The summed E-state index contributed by atoms with van der Waals surface area (Å²) in [6.45, 7) is 2.60. The highest BCUT2D eigenvalue weighted by molar-refractivity contribution is 14.0. The number of alkyl halides is 3. The average molecular weight is 478 g/mol. The number of aliphatic imine (C=N–C) groups is 1. The van der Waals surface area contributed by atoms with Gasteiger partial charge >= 0.3 is 6.18 Å². The van der Waals surface area contributed by atoms with Gasteiger partial charge in [0.25, 0.3) is 0 Å². The Bertz CT molecular complexity index is 690. The van der Waals surface area contributed by atoms with Crippen LogP contribution in [0.15, 0.2) is 53.7 Å². The van der Waals surface area contributed by atoms with Crippen molar-refractivity contribution in [2.75, 3.05) is 13.1 Å². The molecule has 2 aromatic rings. The summed E-state index contributed by atoms with van der Waals surface area (Å²) in [6, 6.07) is 13.5. The molecule has 2 N–H and O–H groups in total. The number of benzene rings is 1. The highest BCUT2D eigenvalue weighted by atomic mass is 127. The molecule has 0 amide bonds. The van der Waals surface area contributed by atoms with Gasteiger partial charge in [-0.25, -0.2) is 4.99 Å². The fraction of sp³-hybridized carbons (Fsp3) is 0.333. The van der Waals surface area contributed by atoms with Crippen molar-refractivity contribution in [1.82, 2.24) is 15.6 Å². The third-order valence-electron chi connectivity index (χ3n) is 3.35. The lowest BCUT2D eigenvalue weighted by atomic mass is 10.1. The number of pyridine rings is 1. The van der Waals surface area contributed by atoms with Gasteiger partial charge in [0.15, 0.2) is 5.96 Å². The molecule has 1 heterocycles. The summed E-state index contributed by atoms with van der Waals surface area (Å²) >= 11 is 0. The molecule has 0 unspecified atom stereocenters. The number of hydrogen-bond acceptors (Lipinski definition) is 2. The van der Waals surface area contributed by atoms with E-state index in [0.717, 1.165) is 16.8 Å². The number of aromatic nitrogens is 1. The number of halogens is 4. The fourth-order valence-corrected chi connectivity index (χ4v) is 2.20. The summed E-state index contributed by atoms with van der Waals surface area (Å²) in [5.74, 6) is 0.370. The van der Waals surface area contributed by atoms with Crippen molar-refractivity contribution >= 4 is 29.9 Å². The first-order valence-electron chi connectivity index (χ1n) is 8.07. The Hall–Kier alpha value is -1.84. The van der Waals surface area contributed by atoms with E-state index in [0.29, 0.717) is 19.0 Å². The second kappa shape index (κ2) is 11.0. The molecule has 1 aromatic carbocycles. The molecule has 2 rings (SSSR count). The number of hydrogen-bond donors (Lipinski definition) is 2. The van der Waals surface area contributed by atoms with Crippen LogP contribution in [0.1, 0.15) is 18.9 Å². The number of guanidine groups is 1. The maximum absolute atomic E-state index is 12.2. The van der Waals surface area contributed by atoms with Crippen LogP contribution >= 0.6 is 24.0 Å². The summed E-state index contributed by atoms with van der Waals surface area (Å²) in [7, 11) is 0. The Morgan fingerprint density at radius 3 is 2.58 bits per heavy atom. The van der Waals surface area contributed by atoms with E-state index in [4.69, 9.17) is 0 Å². The number of rotatable bonds is 6. The average Bonchev–Trinajstić information content (AvgIpc) is 2.60. The van der Waals surface area contributed by atoms with Gasteiger partial charge in [-0.15, -0.1) is 24.0 Å². The lowest BCUT2D eigenvalue weighted by Gasteiger charge is -2.12. The van der Waals surface area contributed by atoms with E-state index in [1.165, 1.54) is 0 Å². The maximum atomic E-state index is 12.2. The second-order valence-electron chi connectivity index (χ2n) is 5.40. The molecule has 0 bridgehead atoms. The van der Waals surface area contributed by atoms with Gasteiger partial charge in [-0.2, -0.15) is 13.2 Å². The first-order valence-corrected chi connectivity index (χ1v) is 8.07. The highest BCUT2D eigenvalue weighted by Gasteiger charge is 2.26. The monoisotopic (exact) mass is 478 g/mol. The topological polar surface area (TPSA) is 49.3 Å². The molecule has 0 saturated carbocycles. The van der Waals surface area contributed by atoms with E-state index in [2.05, 4.69) is 20.6 Å². The van der Waals surface area contributed by atoms with E-state index in [-0.39, 0.29) is 30.5 Å². The zero-order valence-corrected chi connectivity index (χ0v) is 16.7. The Kier molecular flexibility index (Phi) is 9.39. The molecular formula is C18H22F3IN4. The molecular weight excluding hydrogens is 456 g/mol. The second-order valence-corrected chi connectivity index (χ2v) is 5.40. The van der Waals surface area contributed by atoms with E-state index < -0.39 is 12.6 Å². The summed E-state index contributed by atoms with van der Waals surface area (Å²) in [5.41, 5.74) is 2.79. The predicted octanol–water partition coefficient (Wildman–Crippen LogP) is 4.37. The zero-order valence-electron chi connectivity index (χ0n) is 14.4. The van der Waals surface area contributed by atoms with Crippen LogP contribution in [0.25, 0.3) is 11.3 Å². The van der Waals surface area contributed by atoms with Crippen molar-refractivity contribution in [3.63, 3.8) is 0 Å². The van der Waals surface area contributed by atoms with E-state index in [9.17, 15) is 13.2 Å². The van der Waals surface area contributed by atoms with Gasteiger partial charge in [0, 0.05) is 24.8 Å². The predicted molar refractivity (Wildman–Crippen MR) is 109 cm³/mol. The van der Waals surface area contributed by atoms with Crippen molar-refractivity contribution in [3.8, 4) is 11.3 Å². The lowest BCUT2D eigenvalue weighted by molar-refractivity contribution is -0.132. The maximum Gasteiger partial charge on any atom is 0.390 e. The van der Waals surface area contributed by atoms with Crippen LogP contribution in [0.3, 0.4) is 0 Å². The quantitative estimate of drug-likeness (QED) is 0.368. The molecule has 1 aromatic heterocycles. The molecule has 0 spiro atoms. The van der Waals surface area contributed by atoms with Crippen molar-refractivity contribution < 1.29 is 13.2 Å². The largest absolute Gasteiger partial charge is 0.390 e. The summed E-state index contributed by atoms with van der Waals surface area (Å²) in [4.78, 5) is 8.66. The summed E-state index contributed by atoms with van der Waals surface area (Å²) < 4.78 is 36.7. The SMILES string of the molecule is CCNC(=NCc1cccc(-c2ccccn2)c1)NCCC(F)(F)F.I. The van der Waals surface area contributed by atoms with E-state index in [1.807, 2.05) is 49.4 Å². The molecule has 0 radical (unpaired) electrons. The molecule has 0 saturated heterocycles. The Morgan fingerprint density at radius 1 is 1.12 bits per heavy atom. The Balaban J connectivity index is 0.00000338. The van der Waals surface area contributed by atoms with E-state index >= 15 is 0 Å². The Morgan fingerprint density at radius 2 is 1.92 bits per heavy atom. The van der Waals surface area contributed by atoms with Crippen molar-refractivity contribution in [1.29, 1.82) is 0 Å². The van der Waals surface area contributed by atoms with Crippen molar-refractivity contribution in [3.05, 3.63) is 54.2 Å². The van der Waals surface area contributed by atoms with Crippen molar-refractivity contribution in [2.24, 2.45) is 4.99 Å². The first kappa shape index (κ1) is 22.2. The standard InChI is InChI=1S/C18H21F3N4.HI/c1-2-22-17(24-11-9-18(19,20)21)25-13-14-6-5-7-15(12-14)16-8-3-4-10-23-16;/h3-8,10,12H,2,9,11,13H2,1H3,(H2,22,24,25);1H. The van der Waals surface area contributed by atoms with Gasteiger partial charge in [0.2, 0.25) is 0 Å². The van der Waals surface area contributed by atoms with Gasteiger partial charge in [0.05, 0.1) is 18.7 Å². The molecule has 0 aliphatic carbocycles. The van der Waals surface area contributed by atoms with Crippen LogP contribution in [0.2, 0.25) is 0 Å². The molecule has 4 nitrogen and oxygen atoms in total. The van der Waals surface area contributed by atoms with Crippen LogP contribution in [-0.4, -0.2) is 30.2 Å². The minimum atomic E-state index is -4.18. The normalized spacial score (nSPS) is 11.6. The number of nitrogens with one attached hydrogen (secondary N) is 2. The smallest absolute Gasteiger partial charge is 0.357 e. The minimum Gasteiger partial charge on any atom is -0.357 e. The van der Waals surface area contributed by atoms with Crippen LogP contribution < -0.4 is 10.6 Å². The molecule has 142 valence electrons. The van der Waals surface area contributed by atoms with Crippen LogP contribution in [0.5, 0.6) is 0 Å².